The summed E-state index contributed by atoms with van der Waals surface area (Å²) < 4.78 is 9.59. The maximum Gasteiger partial charge on any atom is 0.202 e. The van der Waals surface area contributed by atoms with Crippen LogP contribution in [0.4, 0.5) is 5.95 Å². The van der Waals surface area contributed by atoms with Gasteiger partial charge in [0.05, 0.1) is 5.69 Å². The summed E-state index contributed by atoms with van der Waals surface area (Å²) in [5.41, 5.74) is 9.00. The van der Waals surface area contributed by atoms with Crippen LogP contribution in [0, 0.1) is 5.92 Å². The van der Waals surface area contributed by atoms with Crippen molar-refractivity contribution in [1.82, 2.24) is 19.3 Å². The molecule has 0 aliphatic heterocycles. The summed E-state index contributed by atoms with van der Waals surface area (Å²) in [5.74, 6) is 1.40. The molecule has 2 heterocycles. The normalized spacial score (nSPS) is 15.3. The highest BCUT2D eigenvalue weighted by molar-refractivity contribution is 5.77. The highest BCUT2D eigenvalue weighted by Crippen LogP contribution is 2.28. The predicted octanol–water partition coefficient (Wildman–Crippen LogP) is 1.73. The lowest BCUT2D eigenvalue weighted by molar-refractivity contribution is 0.119. The fourth-order valence-corrected chi connectivity index (χ4v) is 2.58. The fourth-order valence-electron chi connectivity index (χ4n) is 2.58. The van der Waals surface area contributed by atoms with Gasteiger partial charge in [-0.25, -0.2) is 4.98 Å². The standard InChI is InChI=1S/C14H23N5O/c1-3-11-12-13(18(2)17-11)19(14(15)16-12)7-4-8-20-9-10-5-6-10/h10H,3-9H2,1-2H3,(H2,15,16). The average Bonchev–Trinajstić information content (AvgIpc) is 3.12. The topological polar surface area (TPSA) is 70.9 Å². The number of nitrogen functional groups attached to an aromatic ring is 1. The molecule has 110 valence electrons. The van der Waals surface area contributed by atoms with E-state index >= 15 is 0 Å². The molecule has 0 spiro atoms. The van der Waals surface area contributed by atoms with Crippen molar-refractivity contribution in [2.24, 2.45) is 13.0 Å². The minimum Gasteiger partial charge on any atom is -0.381 e. The van der Waals surface area contributed by atoms with Crippen molar-refractivity contribution in [3.05, 3.63) is 5.69 Å². The van der Waals surface area contributed by atoms with Crippen molar-refractivity contribution in [3.63, 3.8) is 0 Å². The highest BCUT2D eigenvalue weighted by atomic mass is 16.5. The summed E-state index contributed by atoms with van der Waals surface area (Å²) in [5, 5.41) is 4.49. The van der Waals surface area contributed by atoms with E-state index in [1.165, 1.54) is 12.8 Å². The molecule has 0 unspecified atom stereocenters. The number of nitrogens with two attached hydrogens (primary N) is 1. The van der Waals surface area contributed by atoms with Gasteiger partial charge in [-0.2, -0.15) is 5.10 Å². The maximum absolute atomic E-state index is 6.03. The van der Waals surface area contributed by atoms with E-state index in [0.717, 1.165) is 55.4 Å². The van der Waals surface area contributed by atoms with Crippen LogP contribution in [0.2, 0.25) is 0 Å². The smallest absolute Gasteiger partial charge is 0.202 e. The molecule has 6 nitrogen and oxygen atoms in total. The van der Waals surface area contributed by atoms with Gasteiger partial charge in [-0.1, -0.05) is 6.92 Å². The van der Waals surface area contributed by atoms with Crippen molar-refractivity contribution in [2.75, 3.05) is 18.9 Å². The zero-order valence-corrected chi connectivity index (χ0v) is 12.3. The van der Waals surface area contributed by atoms with E-state index in [-0.39, 0.29) is 0 Å². The molecule has 0 radical (unpaired) electrons. The third-order valence-corrected chi connectivity index (χ3v) is 3.88. The van der Waals surface area contributed by atoms with E-state index in [4.69, 9.17) is 10.5 Å². The molecule has 20 heavy (non-hydrogen) atoms. The molecular weight excluding hydrogens is 254 g/mol. The Kier molecular flexibility index (Phi) is 3.65. The minimum absolute atomic E-state index is 0.574. The highest BCUT2D eigenvalue weighted by Gasteiger charge is 2.21. The molecule has 0 saturated heterocycles. The van der Waals surface area contributed by atoms with E-state index in [1.807, 2.05) is 16.3 Å². The Morgan fingerprint density at radius 3 is 2.90 bits per heavy atom. The molecule has 1 saturated carbocycles. The molecule has 2 N–H and O–H groups in total. The van der Waals surface area contributed by atoms with Gasteiger partial charge in [0.1, 0.15) is 5.52 Å². The van der Waals surface area contributed by atoms with Crippen LogP contribution in [-0.2, 0) is 24.8 Å². The van der Waals surface area contributed by atoms with Gasteiger partial charge >= 0.3 is 0 Å². The van der Waals surface area contributed by atoms with Crippen LogP contribution in [0.3, 0.4) is 0 Å². The molecule has 2 aromatic rings. The molecule has 1 fully saturated rings. The number of aromatic nitrogens is 4. The van der Waals surface area contributed by atoms with E-state index in [2.05, 4.69) is 17.0 Å². The third kappa shape index (κ3) is 2.52. The Hall–Kier alpha value is -1.56. The second-order valence-corrected chi connectivity index (χ2v) is 5.59. The van der Waals surface area contributed by atoms with Gasteiger partial charge in [0.25, 0.3) is 0 Å². The van der Waals surface area contributed by atoms with Crippen molar-refractivity contribution in [2.45, 2.75) is 39.2 Å². The molecule has 0 bridgehead atoms. The third-order valence-electron chi connectivity index (χ3n) is 3.88. The number of hydrogen-bond acceptors (Lipinski definition) is 4. The number of ether oxygens (including phenoxy) is 1. The van der Waals surface area contributed by atoms with Crippen molar-refractivity contribution < 1.29 is 4.74 Å². The molecular formula is C14H23N5O. The molecule has 0 atom stereocenters. The zero-order chi connectivity index (χ0) is 14.1. The fraction of sp³-hybridized carbons (Fsp3) is 0.714. The monoisotopic (exact) mass is 277 g/mol. The number of nitrogens with zero attached hydrogens (tertiary/aromatic N) is 4. The number of anilines is 1. The first-order chi connectivity index (χ1) is 9.70. The van der Waals surface area contributed by atoms with E-state index in [0.29, 0.717) is 5.95 Å². The molecule has 3 rings (SSSR count). The average molecular weight is 277 g/mol. The van der Waals surface area contributed by atoms with Crippen LogP contribution in [0.5, 0.6) is 0 Å². The Morgan fingerprint density at radius 2 is 2.20 bits per heavy atom. The maximum atomic E-state index is 6.03. The number of aryl methyl sites for hydroxylation is 3. The van der Waals surface area contributed by atoms with Crippen LogP contribution in [-0.4, -0.2) is 32.5 Å². The molecule has 0 aromatic carbocycles. The molecule has 1 aliphatic rings. The van der Waals surface area contributed by atoms with Crippen LogP contribution in [0.1, 0.15) is 31.9 Å². The van der Waals surface area contributed by atoms with E-state index < -0.39 is 0 Å². The molecule has 6 heteroatoms. The zero-order valence-electron chi connectivity index (χ0n) is 12.3. The summed E-state index contributed by atoms with van der Waals surface area (Å²) in [4.78, 5) is 4.46. The minimum atomic E-state index is 0.574. The largest absolute Gasteiger partial charge is 0.381 e. The first kappa shape index (κ1) is 13.4. The lowest BCUT2D eigenvalue weighted by Gasteiger charge is -2.07. The van der Waals surface area contributed by atoms with Crippen LogP contribution in [0.25, 0.3) is 11.2 Å². The number of hydrogen-bond donors (Lipinski definition) is 1. The summed E-state index contributed by atoms with van der Waals surface area (Å²) >= 11 is 0. The van der Waals surface area contributed by atoms with Gasteiger partial charge in [0.15, 0.2) is 5.65 Å². The van der Waals surface area contributed by atoms with Gasteiger partial charge in [0.2, 0.25) is 5.95 Å². The van der Waals surface area contributed by atoms with Crippen molar-refractivity contribution >= 4 is 17.1 Å². The first-order valence-corrected chi connectivity index (χ1v) is 7.46. The lowest BCUT2D eigenvalue weighted by Crippen LogP contribution is -2.09. The van der Waals surface area contributed by atoms with Crippen LogP contribution >= 0.6 is 0 Å². The quantitative estimate of drug-likeness (QED) is 0.782. The van der Waals surface area contributed by atoms with Crippen molar-refractivity contribution in [1.29, 1.82) is 0 Å². The van der Waals surface area contributed by atoms with E-state index in [9.17, 15) is 0 Å². The number of imidazole rings is 1. The molecule has 0 amide bonds. The second kappa shape index (κ2) is 5.44. The lowest BCUT2D eigenvalue weighted by atomic mass is 10.3. The van der Waals surface area contributed by atoms with Gasteiger partial charge in [-0.3, -0.25) is 9.25 Å². The van der Waals surface area contributed by atoms with Crippen LogP contribution in [0.15, 0.2) is 0 Å². The Balaban J connectivity index is 1.66. The molecule has 1 aliphatic carbocycles. The van der Waals surface area contributed by atoms with Gasteiger partial charge in [0, 0.05) is 26.8 Å². The Morgan fingerprint density at radius 1 is 1.40 bits per heavy atom. The second-order valence-electron chi connectivity index (χ2n) is 5.59. The SMILES string of the molecule is CCc1nn(C)c2c1nc(N)n2CCCOCC1CC1. The number of fused-ring (bicyclic) bond motifs is 1. The van der Waals surface area contributed by atoms with E-state index in [1.54, 1.807) is 0 Å². The summed E-state index contributed by atoms with van der Waals surface area (Å²) in [6, 6.07) is 0. The first-order valence-electron chi connectivity index (χ1n) is 7.46. The van der Waals surface area contributed by atoms with Crippen LogP contribution < -0.4 is 5.73 Å². The van der Waals surface area contributed by atoms with Gasteiger partial charge in [-0.05, 0) is 31.6 Å². The number of rotatable bonds is 7. The predicted molar refractivity (Wildman–Crippen MR) is 78.4 cm³/mol. The summed E-state index contributed by atoms with van der Waals surface area (Å²) in [7, 11) is 1.95. The summed E-state index contributed by atoms with van der Waals surface area (Å²) in [6.07, 6.45) is 4.50. The Labute approximate surface area is 118 Å². The Bertz CT molecular complexity index is 596. The van der Waals surface area contributed by atoms with Gasteiger partial charge in [-0.15, -0.1) is 0 Å². The van der Waals surface area contributed by atoms with Crippen molar-refractivity contribution in [3.8, 4) is 0 Å². The van der Waals surface area contributed by atoms with Gasteiger partial charge < -0.3 is 10.5 Å². The summed E-state index contributed by atoms with van der Waals surface area (Å²) in [6.45, 7) is 4.62. The molecule has 2 aromatic heterocycles.